The highest BCUT2D eigenvalue weighted by atomic mass is 35.5. The molecular weight excluding hydrogens is 302 g/mol. The molecule has 0 aliphatic carbocycles. The summed E-state index contributed by atoms with van der Waals surface area (Å²) >= 11 is 5.76. The second-order valence-corrected chi connectivity index (χ2v) is 5.86. The Kier molecular flexibility index (Phi) is 6.68. The van der Waals surface area contributed by atoms with Gasteiger partial charge < -0.3 is 15.1 Å². The predicted octanol–water partition coefficient (Wildman–Crippen LogP) is 2.80. The monoisotopic (exact) mass is 325 g/mol. The summed E-state index contributed by atoms with van der Waals surface area (Å²) in [7, 11) is 3.76. The van der Waals surface area contributed by atoms with Crippen molar-refractivity contribution >= 4 is 34.8 Å². The summed E-state index contributed by atoms with van der Waals surface area (Å²) < 4.78 is 0. The van der Waals surface area contributed by atoms with Crippen LogP contribution in [0.4, 0.5) is 11.4 Å². The number of benzene rings is 1. The van der Waals surface area contributed by atoms with Gasteiger partial charge in [0, 0.05) is 38.6 Å². The van der Waals surface area contributed by atoms with Gasteiger partial charge in [0.15, 0.2) is 0 Å². The average Bonchev–Trinajstić information content (AvgIpc) is 2.47. The van der Waals surface area contributed by atoms with Crippen molar-refractivity contribution in [1.82, 2.24) is 4.90 Å². The molecule has 0 saturated carbocycles. The van der Waals surface area contributed by atoms with Crippen molar-refractivity contribution < 1.29 is 9.59 Å². The maximum Gasteiger partial charge on any atom is 0.256 e. The Balaban J connectivity index is 3.21. The summed E-state index contributed by atoms with van der Waals surface area (Å²) in [5.74, 6) is -0.343. The maximum absolute atomic E-state index is 12.7. The maximum atomic E-state index is 12.7. The van der Waals surface area contributed by atoms with Gasteiger partial charge in [-0.05, 0) is 39.0 Å². The van der Waals surface area contributed by atoms with E-state index in [0.29, 0.717) is 24.3 Å². The number of hydrogen-bond donors (Lipinski definition) is 1. The van der Waals surface area contributed by atoms with Crippen LogP contribution < -0.4 is 10.2 Å². The van der Waals surface area contributed by atoms with Gasteiger partial charge in [0.25, 0.3) is 5.91 Å². The van der Waals surface area contributed by atoms with E-state index in [2.05, 4.69) is 5.32 Å². The van der Waals surface area contributed by atoms with E-state index in [-0.39, 0.29) is 11.8 Å². The molecule has 1 aromatic carbocycles. The Morgan fingerprint density at radius 3 is 2.27 bits per heavy atom. The standard InChI is InChI=1S/C16H24ClN3O2/c1-6-20(7-2)16(22)13-10-12(18-15(21)11(3)17)8-9-14(13)19(4)5/h8-11H,6-7H2,1-5H3,(H,18,21). The van der Waals surface area contributed by atoms with Crippen LogP contribution >= 0.6 is 11.6 Å². The van der Waals surface area contributed by atoms with Gasteiger partial charge in [0.05, 0.1) is 5.56 Å². The molecule has 1 rings (SSSR count). The van der Waals surface area contributed by atoms with Crippen LogP contribution in [0.5, 0.6) is 0 Å². The van der Waals surface area contributed by atoms with E-state index in [1.54, 1.807) is 24.0 Å². The first-order valence-corrected chi connectivity index (χ1v) is 7.81. The van der Waals surface area contributed by atoms with Crippen LogP contribution in [0.25, 0.3) is 0 Å². The first-order valence-electron chi connectivity index (χ1n) is 7.37. The van der Waals surface area contributed by atoms with Crippen molar-refractivity contribution in [2.75, 3.05) is 37.4 Å². The highest BCUT2D eigenvalue weighted by Gasteiger charge is 2.19. The molecule has 0 saturated heterocycles. The molecule has 1 atom stereocenters. The molecule has 5 nitrogen and oxygen atoms in total. The summed E-state index contributed by atoms with van der Waals surface area (Å²) in [6.07, 6.45) is 0. The second-order valence-electron chi connectivity index (χ2n) is 5.21. The Bertz CT molecular complexity index is 540. The number of alkyl halides is 1. The van der Waals surface area contributed by atoms with Gasteiger partial charge in [-0.3, -0.25) is 9.59 Å². The van der Waals surface area contributed by atoms with Crippen molar-refractivity contribution in [2.24, 2.45) is 0 Å². The summed E-state index contributed by atoms with van der Waals surface area (Å²) in [5, 5.41) is 2.09. The quantitative estimate of drug-likeness (QED) is 0.818. The molecule has 0 spiro atoms. The Morgan fingerprint density at radius 2 is 1.82 bits per heavy atom. The van der Waals surface area contributed by atoms with E-state index in [1.165, 1.54) is 0 Å². The molecule has 6 heteroatoms. The summed E-state index contributed by atoms with van der Waals surface area (Å²) in [5.41, 5.74) is 1.95. The lowest BCUT2D eigenvalue weighted by Crippen LogP contribution is -2.32. The smallest absolute Gasteiger partial charge is 0.256 e. The fourth-order valence-corrected chi connectivity index (χ4v) is 2.15. The number of carbonyl (C=O) groups excluding carboxylic acids is 2. The minimum absolute atomic E-state index is 0.0521. The molecule has 0 aliphatic rings. The third-order valence-electron chi connectivity index (χ3n) is 3.39. The average molecular weight is 326 g/mol. The lowest BCUT2D eigenvalue weighted by molar-refractivity contribution is -0.115. The molecule has 22 heavy (non-hydrogen) atoms. The SMILES string of the molecule is CCN(CC)C(=O)c1cc(NC(=O)C(C)Cl)ccc1N(C)C. The number of nitrogens with one attached hydrogen (secondary N) is 1. The number of anilines is 2. The second kappa shape index (κ2) is 8.03. The Hall–Kier alpha value is -1.75. The fraction of sp³-hybridized carbons (Fsp3) is 0.500. The predicted molar refractivity (Wildman–Crippen MR) is 92.0 cm³/mol. The van der Waals surface area contributed by atoms with Crippen molar-refractivity contribution in [3.63, 3.8) is 0 Å². The van der Waals surface area contributed by atoms with Gasteiger partial charge in [-0.2, -0.15) is 0 Å². The van der Waals surface area contributed by atoms with Crippen LogP contribution in [-0.4, -0.2) is 49.3 Å². The normalized spacial score (nSPS) is 11.7. The molecule has 0 aliphatic heterocycles. The van der Waals surface area contributed by atoms with Crippen molar-refractivity contribution in [1.29, 1.82) is 0 Å². The molecule has 122 valence electrons. The number of carbonyl (C=O) groups is 2. The molecule has 0 heterocycles. The summed E-state index contributed by atoms with van der Waals surface area (Å²) in [4.78, 5) is 28.0. The van der Waals surface area contributed by atoms with Crippen LogP contribution in [0.3, 0.4) is 0 Å². The van der Waals surface area contributed by atoms with E-state index in [4.69, 9.17) is 11.6 Å². The molecule has 0 fully saturated rings. The fourth-order valence-electron chi connectivity index (χ4n) is 2.10. The van der Waals surface area contributed by atoms with Gasteiger partial charge in [-0.1, -0.05) is 0 Å². The zero-order valence-electron chi connectivity index (χ0n) is 13.8. The van der Waals surface area contributed by atoms with Gasteiger partial charge in [0.2, 0.25) is 5.91 Å². The molecule has 1 unspecified atom stereocenters. The van der Waals surface area contributed by atoms with Gasteiger partial charge >= 0.3 is 0 Å². The largest absolute Gasteiger partial charge is 0.377 e. The number of amides is 2. The minimum Gasteiger partial charge on any atom is -0.377 e. The van der Waals surface area contributed by atoms with Crippen molar-refractivity contribution in [3.8, 4) is 0 Å². The van der Waals surface area contributed by atoms with E-state index in [1.807, 2.05) is 38.9 Å². The summed E-state index contributed by atoms with van der Waals surface area (Å²) in [6, 6.07) is 5.30. The number of nitrogens with zero attached hydrogens (tertiary/aromatic N) is 2. The van der Waals surface area contributed by atoms with Gasteiger partial charge in [-0.25, -0.2) is 0 Å². The van der Waals surface area contributed by atoms with E-state index >= 15 is 0 Å². The first-order chi connectivity index (χ1) is 10.3. The van der Waals surface area contributed by atoms with Crippen molar-refractivity contribution in [3.05, 3.63) is 23.8 Å². The van der Waals surface area contributed by atoms with E-state index in [0.717, 1.165) is 5.69 Å². The minimum atomic E-state index is -0.629. The number of rotatable bonds is 6. The lowest BCUT2D eigenvalue weighted by atomic mass is 10.1. The first kappa shape index (κ1) is 18.3. The molecular formula is C16H24ClN3O2. The summed E-state index contributed by atoms with van der Waals surface area (Å²) in [6.45, 7) is 6.76. The number of halogens is 1. The van der Waals surface area contributed by atoms with E-state index < -0.39 is 5.38 Å². The molecule has 0 radical (unpaired) electrons. The van der Waals surface area contributed by atoms with Crippen LogP contribution in [0.1, 0.15) is 31.1 Å². The molecule has 0 aromatic heterocycles. The van der Waals surface area contributed by atoms with Crippen LogP contribution in [0, 0.1) is 0 Å². The highest BCUT2D eigenvalue weighted by Crippen LogP contribution is 2.24. The third-order valence-corrected chi connectivity index (χ3v) is 3.59. The van der Waals surface area contributed by atoms with Crippen LogP contribution in [0.15, 0.2) is 18.2 Å². The van der Waals surface area contributed by atoms with Crippen molar-refractivity contribution in [2.45, 2.75) is 26.1 Å². The third kappa shape index (κ3) is 4.37. The lowest BCUT2D eigenvalue weighted by Gasteiger charge is -2.23. The molecule has 1 aromatic rings. The molecule has 1 N–H and O–H groups in total. The topological polar surface area (TPSA) is 52.7 Å². The molecule has 0 bridgehead atoms. The van der Waals surface area contributed by atoms with Crippen LogP contribution in [-0.2, 0) is 4.79 Å². The Morgan fingerprint density at radius 1 is 1.23 bits per heavy atom. The van der Waals surface area contributed by atoms with Crippen LogP contribution in [0.2, 0.25) is 0 Å². The number of hydrogen-bond acceptors (Lipinski definition) is 3. The highest BCUT2D eigenvalue weighted by molar-refractivity contribution is 6.32. The molecule has 2 amide bonds. The van der Waals surface area contributed by atoms with Gasteiger partial charge in [0.1, 0.15) is 5.38 Å². The van der Waals surface area contributed by atoms with Gasteiger partial charge in [-0.15, -0.1) is 11.6 Å². The zero-order chi connectivity index (χ0) is 16.9. The Labute approximate surface area is 137 Å². The van der Waals surface area contributed by atoms with E-state index in [9.17, 15) is 9.59 Å². The zero-order valence-corrected chi connectivity index (χ0v) is 14.6.